The predicted octanol–water partition coefficient (Wildman–Crippen LogP) is 2.82. The molecule has 1 aliphatic heterocycles. The van der Waals surface area contributed by atoms with E-state index in [1.807, 2.05) is 0 Å². The van der Waals surface area contributed by atoms with Crippen molar-refractivity contribution in [1.82, 2.24) is 0 Å². The molecular formula is C20H38O7. The number of aliphatic hydroxyl groups is 1. The molecule has 5 atom stereocenters. The molecule has 0 aromatic rings. The summed E-state index contributed by atoms with van der Waals surface area (Å²) in [4.78, 5) is 11.2. The lowest BCUT2D eigenvalue weighted by Crippen LogP contribution is -2.61. The fourth-order valence-corrected chi connectivity index (χ4v) is 2.89. The van der Waals surface area contributed by atoms with Crippen molar-refractivity contribution in [3.8, 4) is 0 Å². The number of ether oxygens (including phenoxy) is 5. The van der Waals surface area contributed by atoms with E-state index in [4.69, 9.17) is 23.7 Å². The monoisotopic (exact) mass is 390 g/mol. The van der Waals surface area contributed by atoms with Gasteiger partial charge in [-0.3, -0.25) is 4.79 Å². The minimum atomic E-state index is -1.15. The molecule has 7 nitrogen and oxygen atoms in total. The Kier molecular flexibility index (Phi) is 12.9. The second-order valence-electron chi connectivity index (χ2n) is 6.93. The van der Waals surface area contributed by atoms with Crippen molar-refractivity contribution >= 4 is 5.97 Å². The Balaban J connectivity index is 2.90. The maximum absolute atomic E-state index is 11.2. The molecule has 1 aliphatic rings. The molecule has 0 amide bonds. The summed E-state index contributed by atoms with van der Waals surface area (Å²) in [6, 6.07) is 0. The average molecular weight is 391 g/mol. The van der Waals surface area contributed by atoms with Crippen LogP contribution >= 0.6 is 0 Å². The first-order chi connectivity index (χ1) is 13.0. The first-order valence-electron chi connectivity index (χ1n) is 10.4. The molecule has 0 aromatic heterocycles. The minimum absolute atomic E-state index is 0.0124. The third-order valence-electron chi connectivity index (χ3n) is 4.48. The van der Waals surface area contributed by atoms with Gasteiger partial charge in [-0.05, 0) is 19.3 Å². The van der Waals surface area contributed by atoms with Crippen LogP contribution in [0.25, 0.3) is 0 Å². The van der Waals surface area contributed by atoms with E-state index in [1.165, 1.54) is 6.92 Å². The molecule has 0 spiro atoms. The molecule has 27 heavy (non-hydrogen) atoms. The molecule has 0 radical (unpaired) electrons. The van der Waals surface area contributed by atoms with Gasteiger partial charge in [0.25, 0.3) is 0 Å². The van der Waals surface area contributed by atoms with Crippen molar-refractivity contribution in [2.45, 2.75) is 96.9 Å². The summed E-state index contributed by atoms with van der Waals surface area (Å²) < 4.78 is 28.9. The molecule has 0 saturated carbocycles. The van der Waals surface area contributed by atoms with Crippen LogP contribution in [0.3, 0.4) is 0 Å². The molecule has 1 heterocycles. The van der Waals surface area contributed by atoms with E-state index in [-0.39, 0.29) is 6.61 Å². The molecule has 1 rings (SSSR count). The van der Waals surface area contributed by atoms with Crippen LogP contribution in [0.1, 0.15) is 66.2 Å². The smallest absolute Gasteiger partial charge is 0.302 e. The molecule has 7 heteroatoms. The molecular weight excluding hydrogens is 352 g/mol. The predicted molar refractivity (Wildman–Crippen MR) is 101 cm³/mol. The third-order valence-corrected chi connectivity index (χ3v) is 4.48. The Hall–Kier alpha value is -0.730. The summed E-state index contributed by atoms with van der Waals surface area (Å²) in [5, 5.41) is 10.5. The van der Waals surface area contributed by atoms with Crippen LogP contribution < -0.4 is 0 Å². The molecule has 1 N–H and O–H groups in total. The maximum atomic E-state index is 11.2. The van der Waals surface area contributed by atoms with Crippen LogP contribution in [0.2, 0.25) is 0 Å². The van der Waals surface area contributed by atoms with Gasteiger partial charge in [0.2, 0.25) is 0 Å². The van der Waals surface area contributed by atoms with E-state index in [0.717, 1.165) is 38.5 Å². The van der Waals surface area contributed by atoms with E-state index in [0.29, 0.717) is 19.8 Å². The molecule has 0 aromatic carbocycles. The Bertz CT molecular complexity index is 391. The highest BCUT2D eigenvalue weighted by Crippen LogP contribution is 2.28. The summed E-state index contributed by atoms with van der Waals surface area (Å²) in [6.45, 7) is 9.24. The molecule has 160 valence electrons. The van der Waals surface area contributed by atoms with Crippen LogP contribution in [0.5, 0.6) is 0 Å². The van der Waals surface area contributed by atoms with E-state index in [9.17, 15) is 9.90 Å². The SMILES string of the molecule is CCCCOC1[C@H](OCCCC)C(COC(C)=O)O[C@@H](O)[C@H]1OCCCC. The molecule has 1 saturated heterocycles. The number of rotatable bonds is 14. The zero-order valence-corrected chi connectivity index (χ0v) is 17.4. The second kappa shape index (κ2) is 14.3. The number of hydrogen-bond donors (Lipinski definition) is 1. The van der Waals surface area contributed by atoms with Gasteiger partial charge in [-0.1, -0.05) is 40.0 Å². The number of aliphatic hydroxyl groups excluding tert-OH is 1. The van der Waals surface area contributed by atoms with Crippen molar-refractivity contribution in [2.75, 3.05) is 26.4 Å². The van der Waals surface area contributed by atoms with Crippen molar-refractivity contribution < 1.29 is 33.6 Å². The standard InChI is InChI=1S/C20H38O7/c1-5-8-11-23-17-16(14-26-15(4)21)27-20(22)19(25-13-10-7-3)18(17)24-12-9-6-2/h16-20,22H,5-14H2,1-4H3/t16?,17-,18?,19+,20-/m1/s1. The average Bonchev–Trinajstić information content (AvgIpc) is 2.64. The van der Waals surface area contributed by atoms with Crippen molar-refractivity contribution in [3.05, 3.63) is 0 Å². The Labute approximate surface area is 163 Å². The molecule has 0 bridgehead atoms. The third kappa shape index (κ3) is 8.87. The van der Waals surface area contributed by atoms with Crippen LogP contribution in [-0.2, 0) is 28.5 Å². The van der Waals surface area contributed by atoms with Crippen molar-refractivity contribution in [1.29, 1.82) is 0 Å². The number of carbonyl (C=O) groups excluding carboxylic acids is 1. The van der Waals surface area contributed by atoms with Gasteiger partial charge < -0.3 is 28.8 Å². The zero-order valence-electron chi connectivity index (χ0n) is 17.4. The van der Waals surface area contributed by atoms with Gasteiger partial charge in [-0.25, -0.2) is 0 Å². The number of esters is 1. The largest absolute Gasteiger partial charge is 0.463 e. The molecule has 0 aliphatic carbocycles. The summed E-state index contributed by atoms with van der Waals surface area (Å²) in [6.07, 6.45) is 2.38. The topological polar surface area (TPSA) is 83.5 Å². The van der Waals surface area contributed by atoms with Gasteiger partial charge in [0.15, 0.2) is 6.29 Å². The number of carbonyl (C=O) groups is 1. The Morgan fingerprint density at radius 1 is 0.852 bits per heavy atom. The van der Waals surface area contributed by atoms with Gasteiger partial charge >= 0.3 is 5.97 Å². The zero-order chi connectivity index (χ0) is 20.1. The quantitative estimate of drug-likeness (QED) is 0.361. The highest BCUT2D eigenvalue weighted by atomic mass is 16.7. The fraction of sp³-hybridized carbons (Fsp3) is 0.950. The second-order valence-corrected chi connectivity index (χ2v) is 6.93. The lowest BCUT2D eigenvalue weighted by atomic mass is 9.98. The fourth-order valence-electron chi connectivity index (χ4n) is 2.89. The van der Waals surface area contributed by atoms with Gasteiger partial charge in [0, 0.05) is 26.7 Å². The summed E-state index contributed by atoms with van der Waals surface area (Å²) in [7, 11) is 0. The van der Waals surface area contributed by atoms with Gasteiger partial charge in [0.05, 0.1) is 0 Å². The maximum Gasteiger partial charge on any atom is 0.302 e. The molecule has 1 fully saturated rings. The van der Waals surface area contributed by atoms with Crippen molar-refractivity contribution in [3.63, 3.8) is 0 Å². The minimum Gasteiger partial charge on any atom is -0.463 e. The van der Waals surface area contributed by atoms with Crippen LogP contribution in [0.4, 0.5) is 0 Å². The van der Waals surface area contributed by atoms with Gasteiger partial charge in [-0.2, -0.15) is 0 Å². The van der Waals surface area contributed by atoms with Crippen molar-refractivity contribution in [2.24, 2.45) is 0 Å². The van der Waals surface area contributed by atoms with Gasteiger partial charge in [0.1, 0.15) is 31.0 Å². The van der Waals surface area contributed by atoms with E-state index >= 15 is 0 Å². The van der Waals surface area contributed by atoms with E-state index in [1.54, 1.807) is 0 Å². The normalized spacial score (nSPS) is 28.3. The Morgan fingerprint density at radius 2 is 1.33 bits per heavy atom. The lowest BCUT2D eigenvalue weighted by molar-refractivity contribution is -0.311. The highest BCUT2D eigenvalue weighted by molar-refractivity contribution is 5.65. The molecule has 2 unspecified atom stereocenters. The van der Waals surface area contributed by atoms with E-state index < -0.39 is 36.7 Å². The highest BCUT2D eigenvalue weighted by Gasteiger charge is 2.48. The van der Waals surface area contributed by atoms with Crippen LogP contribution in [-0.4, -0.2) is 68.2 Å². The summed E-state index contributed by atoms with van der Waals surface area (Å²) in [5.74, 6) is -0.398. The number of hydrogen-bond acceptors (Lipinski definition) is 7. The summed E-state index contributed by atoms with van der Waals surface area (Å²) >= 11 is 0. The lowest BCUT2D eigenvalue weighted by Gasteiger charge is -2.44. The number of unbranched alkanes of at least 4 members (excludes halogenated alkanes) is 3. The first-order valence-corrected chi connectivity index (χ1v) is 10.4. The first kappa shape index (κ1) is 24.3. The van der Waals surface area contributed by atoms with Crippen LogP contribution in [0, 0.1) is 0 Å². The van der Waals surface area contributed by atoms with Gasteiger partial charge in [-0.15, -0.1) is 0 Å². The Morgan fingerprint density at radius 3 is 1.81 bits per heavy atom. The van der Waals surface area contributed by atoms with E-state index in [2.05, 4.69) is 20.8 Å². The summed E-state index contributed by atoms with van der Waals surface area (Å²) in [5.41, 5.74) is 0. The van der Waals surface area contributed by atoms with Crippen LogP contribution in [0.15, 0.2) is 0 Å².